The molecule has 2 aliphatic rings. The smallest absolute Gasteiger partial charge is 0.187 e. The van der Waals surface area contributed by atoms with Gasteiger partial charge >= 0.3 is 0 Å². The van der Waals surface area contributed by atoms with Gasteiger partial charge < -0.3 is 0 Å². The van der Waals surface area contributed by atoms with Crippen LogP contribution >= 0.6 is 23.5 Å². The molecule has 0 radical (unpaired) electrons. The number of hydrogen-bond acceptors (Lipinski definition) is 2. The molecule has 0 saturated carbocycles. The lowest BCUT2D eigenvalue weighted by Crippen LogP contribution is -1.96. The van der Waals surface area contributed by atoms with E-state index in [2.05, 4.69) is 150 Å². The molecule has 0 unspecified atom stereocenters. The van der Waals surface area contributed by atoms with Crippen molar-refractivity contribution in [2.45, 2.75) is 19.6 Å². The molecule has 0 atom stereocenters. The third-order valence-corrected chi connectivity index (χ3v) is 12.7. The van der Waals surface area contributed by atoms with Gasteiger partial charge in [-0.3, -0.25) is 0 Å². The van der Waals surface area contributed by atoms with Crippen molar-refractivity contribution in [1.29, 1.82) is 0 Å². The first-order valence-corrected chi connectivity index (χ1v) is 18.4. The van der Waals surface area contributed by atoms with Crippen molar-refractivity contribution in [3.05, 3.63) is 163 Å². The molecule has 0 aromatic heterocycles. The zero-order valence-electron chi connectivity index (χ0n) is 26.7. The third kappa shape index (κ3) is 3.92. The van der Waals surface area contributed by atoms with Crippen LogP contribution in [0.3, 0.4) is 0 Å². The SMILES string of the molecule is [C-]#[N+]c1ccc2c(-c3ccc4c(c3)Sc3cccc5cccc-4c35)c3ccccc3c(-c3ccc4c5c(cccc35)Sc3ccccc3-4)c2c1. The minimum Gasteiger partial charge on any atom is -0.238 e. The molecule has 0 amide bonds. The largest absolute Gasteiger partial charge is 0.238 e. The first kappa shape index (κ1) is 28.1. The summed E-state index contributed by atoms with van der Waals surface area (Å²) in [6, 6.07) is 55.4. The average molecular weight is 668 g/mol. The van der Waals surface area contributed by atoms with E-state index < -0.39 is 0 Å². The number of rotatable bonds is 2. The zero-order valence-corrected chi connectivity index (χ0v) is 28.3. The highest BCUT2D eigenvalue weighted by molar-refractivity contribution is 8.00. The van der Waals surface area contributed by atoms with Crippen molar-refractivity contribution >= 4 is 72.3 Å². The van der Waals surface area contributed by atoms with E-state index in [-0.39, 0.29) is 0 Å². The van der Waals surface area contributed by atoms with Crippen LogP contribution in [-0.4, -0.2) is 0 Å². The Morgan fingerprint density at radius 3 is 1.86 bits per heavy atom. The topological polar surface area (TPSA) is 4.36 Å². The number of hydrogen-bond donors (Lipinski definition) is 0. The molecule has 50 heavy (non-hydrogen) atoms. The fraction of sp³-hybridized carbons (Fsp3) is 0. The van der Waals surface area contributed by atoms with Crippen LogP contribution in [0.5, 0.6) is 0 Å². The van der Waals surface area contributed by atoms with E-state index in [1.807, 2.05) is 29.6 Å². The monoisotopic (exact) mass is 667 g/mol. The lowest BCUT2D eigenvalue weighted by atomic mass is 9.83. The summed E-state index contributed by atoms with van der Waals surface area (Å²) in [5.41, 5.74) is 10.6. The van der Waals surface area contributed by atoms with Crippen LogP contribution in [0.2, 0.25) is 0 Å². The van der Waals surface area contributed by atoms with Crippen molar-refractivity contribution in [1.82, 2.24) is 0 Å². The minimum absolute atomic E-state index is 0.651. The Hall–Kier alpha value is -5.79. The van der Waals surface area contributed by atoms with E-state index in [9.17, 15) is 0 Å². The fourth-order valence-electron chi connectivity index (χ4n) is 8.35. The summed E-state index contributed by atoms with van der Waals surface area (Å²) in [6.45, 7) is 7.99. The maximum Gasteiger partial charge on any atom is 0.187 e. The molecule has 230 valence electrons. The predicted octanol–water partition coefficient (Wildman–Crippen LogP) is 14.4. The Kier molecular flexibility index (Phi) is 5.96. The van der Waals surface area contributed by atoms with Crippen molar-refractivity contribution in [2.75, 3.05) is 0 Å². The van der Waals surface area contributed by atoms with Gasteiger partial charge in [0.1, 0.15) is 0 Å². The first-order valence-electron chi connectivity index (χ1n) is 16.8. The Morgan fingerprint density at radius 2 is 0.980 bits per heavy atom. The Balaban J connectivity index is 1.21. The standard InChI is InChI=1S/C47H25NS2/c1-48-29-20-22-38-39(26-29)46(37-24-23-36-30-11-4-5-16-40(30)49-42-18-8-15-35(37)47(36)42)34-13-3-2-12-33(34)44(38)28-19-21-31-32-14-6-9-27-10-7-17-41(45(27)32)50-43(31)25-28/h2-26H. The van der Waals surface area contributed by atoms with Crippen LogP contribution in [0.1, 0.15) is 0 Å². The molecule has 0 N–H and O–H groups in total. The fourth-order valence-corrected chi connectivity index (χ4v) is 10.7. The van der Waals surface area contributed by atoms with E-state index in [0.29, 0.717) is 5.69 Å². The second-order valence-corrected chi connectivity index (χ2v) is 15.2. The van der Waals surface area contributed by atoms with Gasteiger partial charge in [-0.2, -0.15) is 0 Å². The van der Waals surface area contributed by atoms with Gasteiger partial charge in [-0.1, -0.05) is 145 Å². The molecule has 0 bridgehead atoms. The van der Waals surface area contributed by atoms with Crippen LogP contribution < -0.4 is 0 Å². The summed E-state index contributed by atoms with van der Waals surface area (Å²) in [5, 5.41) is 9.86. The second kappa shape index (κ2) is 10.6. The Labute approximate surface area is 298 Å². The average Bonchev–Trinajstić information content (AvgIpc) is 3.17. The summed E-state index contributed by atoms with van der Waals surface area (Å²) < 4.78 is 0. The predicted molar refractivity (Wildman–Crippen MR) is 213 cm³/mol. The molecular weight excluding hydrogens is 643 g/mol. The number of benzene rings is 9. The molecular formula is C47H25NS2. The van der Waals surface area contributed by atoms with Crippen molar-refractivity contribution in [3.8, 4) is 44.5 Å². The molecule has 11 rings (SSSR count). The lowest BCUT2D eigenvalue weighted by molar-refractivity contribution is 1.40. The van der Waals surface area contributed by atoms with Gasteiger partial charge in [0.2, 0.25) is 0 Å². The van der Waals surface area contributed by atoms with E-state index in [1.165, 1.54) is 96.4 Å². The van der Waals surface area contributed by atoms with Crippen LogP contribution in [0, 0.1) is 6.57 Å². The quantitative estimate of drug-likeness (QED) is 0.133. The molecule has 0 saturated heterocycles. The normalized spacial score (nSPS) is 12.6. The third-order valence-electron chi connectivity index (χ3n) is 10.5. The molecule has 1 nitrogen and oxygen atoms in total. The Bertz CT molecular complexity index is 3000. The van der Waals surface area contributed by atoms with Crippen molar-refractivity contribution in [3.63, 3.8) is 0 Å². The highest BCUT2D eigenvalue weighted by Crippen LogP contribution is 2.53. The summed E-state index contributed by atoms with van der Waals surface area (Å²) in [4.78, 5) is 9.08. The highest BCUT2D eigenvalue weighted by atomic mass is 32.2. The van der Waals surface area contributed by atoms with E-state index in [0.717, 1.165) is 10.8 Å². The molecule has 0 spiro atoms. The molecule has 2 heterocycles. The van der Waals surface area contributed by atoms with Gasteiger partial charge in [-0.25, -0.2) is 4.85 Å². The molecule has 3 heteroatoms. The van der Waals surface area contributed by atoms with Gasteiger partial charge in [-0.05, 0) is 107 Å². The van der Waals surface area contributed by atoms with Crippen LogP contribution in [0.15, 0.2) is 171 Å². The number of fused-ring (bicyclic) bond motifs is 6. The lowest BCUT2D eigenvalue weighted by Gasteiger charge is -2.24. The van der Waals surface area contributed by atoms with Gasteiger partial charge in [0, 0.05) is 30.4 Å². The summed E-state index contributed by atoms with van der Waals surface area (Å²) in [5.74, 6) is 0. The summed E-state index contributed by atoms with van der Waals surface area (Å²) in [6.07, 6.45) is 0. The minimum atomic E-state index is 0.651. The van der Waals surface area contributed by atoms with Crippen LogP contribution in [0.25, 0.3) is 92.4 Å². The molecule has 9 aromatic carbocycles. The maximum atomic E-state index is 7.99. The van der Waals surface area contributed by atoms with Crippen LogP contribution in [0.4, 0.5) is 5.69 Å². The second-order valence-electron chi connectivity index (χ2n) is 13.0. The highest BCUT2D eigenvalue weighted by Gasteiger charge is 2.25. The molecule has 2 aliphatic heterocycles. The van der Waals surface area contributed by atoms with Gasteiger partial charge in [-0.15, -0.1) is 0 Å². The van der Waals surface area contributed by atoms with Gasteiger partial charge in [0.25, 0.3) is 0 Å². The molecule has 0 fully saturated rings. The molecule has 9 aromatic rings. The summed E-state index contributed by atoms with van der Waals surface area (Å²) >= 11 is 3.72. The van der Waals surface area contributed by atoms with E-state index in [4.69, 9.17) is 6.57 Å². The van der Waals surface area contributed by atoms with Crippen molar-refractivity contribution in [2.24, 2.45) is 0 Å². The number of nitrogens with zero attached hydrogens (tertiary/aromatic N) is 1. The molecule has 0 aliphatic carbocycles. The maximum absolute atomic E-state index is 7.99. The van der Waals surface area contributed by atoms with Gasteiger partial charge in [0.05, 0.1) is 6.57 Å². The summed E-state index contributed by atoms with van der Waals surface area (Å²) in [7, 11) is 0. The zero-order chi connectivity index (χ0) is 32.9. The van der Waals surface area contributed by atoms with E-state index in [1.54, 1.807) is 0 Å². The van der Waals surface area contributed by atoms with Gasteiger partial charge in [0.15, 0.2) is 5.69 Å². The van der Waals surface area contributed by atoms with Crippen LogP contribution in [-0.2, 0) is 0 Å². The van der Waals surface area contributed by atoms with Crippen molar-refractivity contribution < 1.29 is 0 Å². The Morgan fingerprint density at radius 1 is 0.380 bits per heavy atom. The van der Waals surface area contributed by atoms with E-state index >= 15 is 0 Å². The first-order chi connectivity index (χ1) is 24.7.